The van der Waals surface area contributed by atoms with E-state index in [1.54, 1.807) is 13.0 Å². The van der Waals surface area contributed by atoms with Gasteiger partial charge in [0.2, 0.25) is 0 Å². The number of hydrogen-bond acceptors (Lipinski definition) is 3. The molecule has 26 heavy (non-hydrogen) atoms. The van der Waals surface area contributed by atoms with Gasteiger partial charge in [0.25, 0.3) is 0 Å². The summed E-state index contributed by atoms with van der Waals surface area (Å²) >= 11 is 6.15. The maximum absolute atomic E-state index is 13.2. The van der Waals surface area contributed by atoms with Crippen LogP contribution in [0, 0.1) is 5.82 Å². The average molecular weight is 520 g/mol. The second-order valence-electron chi connectivity index (χ2n) is 6.37. The fraction of sp³-hybridized carbons (Fsp3) is 0.588. The molecule has 0 bridgehead atoms. The summed E-state index contributed by atoms with van der Waals surface area (Å²) in [4.78, 5) is 4.52. The molecule has 0 atom stereocenters. The third-order valence-electron chi connectivity index (χ3n) is 3.78. The van der Waals surface area contributed by atoms with Crippen LogP contribution in [0.4, 0.5) is 4.39 Å². The summed E-state index contributed by atoms with van der Waals surface area (Å²) in [5.41, 5.74) is 0.409. The Morgan fingerprint density at radius 3 is 2.46 bits per heavy atom. The first kappa shape index (κ1) is 25.4. The molecule has 0 saturated heterocycles. The summed E-state index contributed by atoms with van der Waals surface area (Å²) in [6.07, 6.45) is 0. The molecule has 5 nitrogen and oxygen atoms in total. The van der Waals surface area contributed by atoms with Gasteiger partial charge < -0.3 is 10.6 Å². The molecule has 0 aliphatic rings. The molecule has 0 aromatic heterocycles. The third-order valence-corrected chi connectivity index (χ3v) is 5.80. The van der Waals surface area contributed by atoms with Crippen LogP contribution in [0.5, 0.6) is 0 Å². The van der Waals surface area contributed by atoms with Crippen molar-refractivity contribution in [1.82, 2.24) is 10.6 Å². The minimum atomic E-state index is -3.02. The van der Waals surface area contributed by atoms with E-state index in [0.29, 0.717) is 30.6 Å². The van der Waals surface area contributed by atoms with Gasteiger partial charge in [-0.15, -0.1) is 24.0 Å². The molecule has 9 heteroatoms. The highest BCUT2D eigenvalue weighted by Gasteiger charge is 2.23. The molecule has 0 spiro atoms. The van der Waals surface area contributed by atoms with Gasteiger partial charge in [-0.25, -0.2) is 12.8 Å². The molecule has 0 fully saturated rings. The van der Waals surface area contributed by atoms with Crippen LogP contribution < -0.4 is 10.6 Å². The molecule has 150 valence electrons. The Morgan fingerprint density at radius 2 is 1.92 bits per heavy atom. The number of nitrogens with zero attached hydrogens (tertiary/aromatic N) is 1. The smallest absolute Gasteiger partial charge is 0.191 e. The molecular formula is C17H28ClFIN3O2S. The van der Waals surface area contributed by atoms with E-state index in [2.05, 4.69) is 15.6 Å². The molecule has 0 aliphatic heterocycles. The van der Waals surface area contributed by atoms with Crippen LogP contribution in [-0.4, -0.2) is 45.5 Å². The Balaban J connectivity index is 0.00000625. The first-order valence-corrected chi connectivity index (χ1v) is 10.5. The van der Waals surface area contributed by atoms with Crippen LogP contribution in [0.1, 0.15) is 33.3 Å². The summed E-state index contributed by atoms with van der Waals surface area (Å²) < 4.78 is 36.4. The fourth-order valence-corrected chi connectivity index (χ4v) is 3.34. The number of benzene rings is 1. The Morgan fingerprint density at radius 1 is 1.27 bits per heavy atom. The normalized spacial score (nSPS) is 12.5. The van der Waals surface area contributed by atoms with E-state index in [4.69, 9.17) is 11.6 Å². The van der Waals surface area contributed by atoms with Gasteiger partial charge in [0.05, 0.1) is 12.3 Å². The fourth-order valence-electron chi connectivity index (χ4n) is 2.21. The van der Waals surface area contributed by atoms with Gasteiger partial charge in [0.15, 0.2) is 15.8 Å². The minimum absolute atomic E-state index is 0. The molecule has 0 amide bonds. The van der Waals surface area contributed by atoms with Gasteiger partial charge in [-0.1, -0.05) is 38.4 Å². The van der Waals surface area contributed by atoms with E-state index in [9.17, 15) is 12.8 Å². The van der Waals surface area contributed by atoms with Crippen molar-refractivity contribution in [2.75, 3.05) is 31.1 Å². The topological polar surface area (TPSA) is 70.6 Å². The summed E-state index contributed by atoms with van der Waals surface area (Å²) in [7, 11) is -3.02. The van der Waals surface area contributed by atoms with Crippen molar-refractivity contribution in [2.24, 2.45) is 4.99 Å². The maximum atomic E-state index is 13.2. The largest absolute Gasteiger partial charge is 0.357 e. The molecule has 0 aliphatic carbocycles. The summed E-state index contributed by atoms with van der Waals surface area (Å²) in [5.74, 6) is 0.347. The van der Waals surface area contributed by atoms with E-state index in [1.807, 2.05) is 20.8 Å². The highest BCUT2D eigenvalue weighted by Crippen LogP contribution is 2.30. The molecule has 1 aromatic rings. The number of aliphatic imine (C=N–C) groups is 1. The van der Waals surface area contributed by atoms with Gasteiger partial charge in [0.1, 0.15) is 5.82 Å². The second-order valence-corrected chi connectivity index (χ2v) is 9.25. The van der Waals surface area contributed by atoms with Gasteiger partial charge in [-0.2, -0.15) is 0 Å². The van der Waals surface area contributed by atoms with E-state index in [0.717, 1.165) is 5.56 Å². The van der Waals surface area contributed by atoms with E-state index in [1.165, 1.54) is 12.1 Å². The first-order chi connectivity index (χ1) is 11.6. The van der Waals surface area contributed by atoms with Crippen LogP contribution in [0.15, 0.2) is 23.2 Å². The molecule has 2 N–H and O–H groups in total. The Hall–Kier alpha value is -0.610. The van der Waals surface area contributed by atoms with Crippen molar-refractivity contribution in [3.63, 3.8) is 0 Å². The molecule has 0 saturated carbocycles. The number of halogens is 3. The van der Waals surface area contributed by atoms with Gasteiger partial charge >= 0.3 is 0 Å². The van der Waals surface area contributed by atoms with Crippen molar-refractivity contribution in [3.8, 4) is 0 Å². The van der Waals surface area contributed by atoms with Crippen molar-refractivity contribution >= 4 is 51.4 Å². The van der Waals surface area contributed by atoms with Crippen LogP contribution in [0.3, 0.4) is 0 Å². The van der Waals surface area contributed by atoms with Crippen LogP contribution in [0.2, 0.25) is 5.02 Å². The molecule has 0 heterocycles. The van der Waals surface area contributed by atoms with Crippen LogP contribution in [0.25, 0.3) is 0 Å². The number of sulfone groups is 1. The zero-order valence-electron chi connectivity index (χ0n) is 15.6. The standard InChI is InChI=1S/C17H27ClFN3O2S.HI/c1-5-20-16(21-9-10-25(23,24)6-2)22-12-17(3,4)14-8-7-13(19)11-15(14)18;/h7-8,11H,5-6,9-10,12H2,1-4H3,(H2,20,21,22);1H. The lowest BCUT2D eigenvalue weighted by molar-refractivity contribution is 0.535. The predicted molar refractivity (Wildman–Crippen MR) is 118 cm³/mol. The number of rotatable bonds is 8. The molecule has 0 radical (unpaired) electrons. The minimum Gasteiger partial charge on any atom is -0.357 e. The summed E-state index contributed by atoms with van der Waals surface area (Å²) in [5, 5.41) is 6.48. The number of hydrogen-bond donors (Lipinski definition) is 2. The predicted octanol–water partition coefficient (Wildman–Crippen LogP) is 3.36. The monoisotopic (exact) mass is 519 g/mol. The highest BCUT2D eigenvalue weighted by molar-refractivity contribution is 14.0. The zero-order valence-corrected chi connectivity index (χ0v) is 19.5. The Labute approximate surface area is 178 Å². The van der Waals surface area contributed by atoms with Crippen LogP contribution in [-0.2, 0) is 15.3 Å². The molecular weight excluding hydrogens is 492 g/mol. The second kappa shape index (κ2) is 11.3. The van der Waals surface area contributed by atoms with Crippen LogP contribution >= 0.6 is 35.6 Å². The van der Waals surface area contributed by atoms with E-state index in [-0.39, 0.29) is 41.3 Å². The Bertz CT molecular complexity index is 712. The van der Waals surface area contributed by atoms with Crippen molar-refractivity contribution in [1.29, 1.82) is 0 Å². The lowest BCUT2D eigenvalue weighted by atomic mass is 9.84. The van der Waals surface area contributed by atoms with E-state index < -0.39 is 15.3 Å². The lowest BCUT2D eigenvalue weighted by Gasteiger charge is -2.25. The third kappa shape index (κ3) is 8.39. The van der Waals surface area contributed by atoms with Gasteiger partial charge in [0, 0.05) is 29.3 Å². The zero-order chi connectivity index (χ0) is 19.1. The Kier molecular flexibility index (Phi) is 11.0. The average Bonchev–Trinajstić information content (AvgIpc) is 2.52. The molecule has 0 unspecified atom stereocenters. The molecule has 1 aromatic carbocycles. The summed E-state index contributed by atoms with van der Waals surface area (Å²) in [6, 6.07) is 4.34. The summed E-state index contributed by atoms with van der Waals surface area (Å²) in [6.45, 7) is 8.87. The molecule has 1 rings (SSSR count). The van der Waals surface area contributed by atoms with Gasteiger partial charge in [-0.3, -0.25) is 4.99 Å². The van der Waals surface area contributed by atoms with Crippen molar-refractivity contribution in [2.45, 2.75) is 33.1 Å². The highest BCUT2D eigenvalue weighted by atomic mass is 127. The number of nitrogens with one attached hydrogen (secondary N) is 2. The number of guanidine groups is 1. The van der Waals surface area contributed by atoms with Crippen molar-refractivity contribution < 1.29 is 12.8 Å². The van der Waals surface area contributed by atoms with Gasteiger partial charge in [-0.05, 0) is 24.6 Å². The lowest BCUT2D eigenvalue weighted by Crippen LogP contribution is -2.40. The van der Waals surface area contributed by atoms with E-state index >= 15 is 0 Å². The quantitative estimate of drug-likeness (QED) is 0.314. The first-order valence-electron chi connectivity index (χ1n) is 8.29. The van der Waals surface area contributed by atoms with Crippen molar-refractivity contribution in [3.05, 3.63) is 34.6 Å². The maximum Gasteiger partial charge on any atom is 0.191 e. The SMILES string of the molecule is CCNC(=NCC(C)(C)c1ccc(F)cc1Cl)NCCS(=O)(=O)CC.I.